The summed E-state index contributed by atoms with van der Waals surface area (Å²) < 4.78 is 5.76. The molecule has 0 aliphatic carbocycles. The minimum Gasteiger partial charge on any atom is -0.491 e. The van der Waals surface area contributed by atoms with Crippen molar-refractivity contribution >= 4 is 17.4 Å². The van der Waals surface area contributed by atoms with Gasteiger partial charge in [0.25, 0.3) is 0 Å². The van der Waals surface area contributed by atoms with E-state index in [0.29, 0.717) is 13.2 Å². The van der Waals surface area contributed by atoms with E-state index in [2.05, 4.69) is 41.5 Å². The Bertz CT molecular complexity index is 770. The Kier molecular flexibility index (Phi) is 7.53. The van der Waals surface area contributed by atoms with Crippen LogP contribution in [0.5, 0.6) is 5.75 Å². The van der Waals surface area contributed by atoms with Crippen LogP contribution in [0.15, 0.2) is 36.4 Å². The number of carbonyl (C=O) groups excluding carboxylic acids is 1. The zero-order valence-electron chi connectivity index (χ0n) is 17.1. The zero-order chi connectivity index (χ0) is 19.8. The summed E-state index contributed by atoms with van der Waals surface area (Å²) >= 11 is 0. The molecule has 2 aromatic rings. The SMILES string of the molecule is CCN(CC)c1ccc(NC(=O)NCCOc2cc(C)ccc2C)c(C)c1. The summed E-state index contributed by atoms with van der Waals surface area (Å²) in [6.45, 7) is 13.1. The highest BCUT2D eigenvalue weighted by Crippen LogP contribution is 2.22. The first-order valence-electron chi connectivity index (χ1n) is 9.55. The van der Waals surface area contributed by atoms with Gasteiger partial charge in [0.1, 0.15) is 12.4 Å². The smallest absolute Gasteiger partial charge is 0.319 e. The second-order valence-electron chi connectivity index (χ2n) is 6.67. The van der Waals surface area contributed by atoms with E-state index < -0.39 is 0 Å². The maximum atomic E-state index is 12.1. The van der Waals surface area contributed by atoms with Gasteiger partial charge in [-0.3, -0.25) is 0 Å². The van der Waals surface area contributed by atoms with Crippen molar-refractivity contribution in [2.75, 3.05) is 36.5 Å². The molecule has 2 aromatic carbocycles. The van der Waals surface area contributed by atoms with Crippen molar-refractivity contribution in [1.29, 1.82) is 0 Å². The molecule has 0 bridgehead atoms. The molecule has 0 aliphatic heterocycles. The molecule has 2 N–H and O–H groups in total. The molecule has 5 nitrogen and oxygen atoms in total. The third-order valence-corrected chi connectivity index (χ3v) is 4.58. The molecule has 2 rings (SSSR count). The Morgan fingerprint density at radius 3 is 2.41 bits per heavy atom. The van der Waals surface area contributed by atoms with Gasteiger partial charge < -0.3 is 20.3 Å². The fourth-order valence-corrected chi connectivity index (χ4v) is 2.93. The minimum atomic E-state index is -0.224. The summed E-state index contributed by atoms with van der Waals surface area (Å²) in [6.07, 6.45) is 0. The van der Waals surface area contributed by atoms with Gasteiger partial charge in [-0.15, -0.1) is 0 Å². The third-order valence-electron chi connectivity index (χ3n) is 4.58. The number of aryl methyl sites for hydroxylation is 3. The number of carbonyl (C=O) groups is 1. The van der Waals surface area contributed by atoms with E-state index in [-0.39, 0.29) is 6.03 Å². The van der Waals surface area contributed by atoms with Crippen LogP contribution in [0.4, 0.5) is 16.2 Å². The van der Waals surface area contributed by atoms with Gasteiger partial charge in [0, 0.05) is 24.5 Å². The average Bonchev–Trinajstić information content (AvgIpc) is 2.64. The normalized spacial score (nSPS) is 10.4. The number of rotatable bonds is 8. The largest absolute Gasteiger partial charge is 0.491 e. The van der Waals surface area contributed by atoms with Crippen LogP contribution in [0.3, 0.4) is 0 Å². The highest BCUT2D eigenvalue weighted by molar-refractivity contribution is 5.90. The first-order valence-corrected chi connectivity index (χ1v) is 9.55. The maximum absolute atomic E-state index is 12.1. The van der Waals surface area contributed by atoms with E-state index in [1.165, 1.54) is 5.69 Å². The van der Waals surface area contributed by atoms with Crippen LogP contribution in [0.2, 0.25) is 0 Å². The lowest BCUT2D eigenvalue weighted by atomic mass is 10.1. The first-order chi connectivity index (χ1) is 12.9. The van der Waals surface area contributed by atoms with Gasteiger partial charge in [0.15, 0.2) is 0 Å². The van der Waals surface area contributed by atoms with Gasteiger partial charge >= 0.3 is 6.03 Å². The number of nitrogens with one attached hydrogen (secondary N) is 2. The van der Waals surface area contributed by atoms with Crippen LogP contribution in [-0.4, -0.2) is 32.3 Å². The predicted molar refractivity (Wildman–Crippen MR) is 113 cm³/mol. The third kappa shape index (κ3) is 5.91. The van der Waals surface area contributed by atoms with E-state index in [0.717, 1.165) is 41.2 Å². The highest BCUT2D eigenvalue weighted by atomic mass is 16.5. The summed E-state index contributed by atoms with van der Waals surface area (Å²) in [5.41, 5.74) is 5.28. The highest BCUT2D eigenvalue weighted by Gasteiger charge is 2.08. The molecule has 0 saturated heterocycles. The van der Waals surface area contributed by atoms with Crippen LogP contribution < -0.4 is 20.3 Å². The Labute approximate surface area is 162 Å². The monoisotopic (exact) mass is 369 g/mol. The minimum absolute atomic E-state index is 0.224. The molecule has 0 spiro atoms. The molecule has 0 unspecified atom stereocenters. The van der Waals surface area contributed by atoms with Gasteiger partial charge in [-0.25, -0.2) is 4.79 Å². The van der Waals surface area contributed by atoms with Gasteiger partial charge in [-0.1, -0.05) is 12.1 Å². The van der Waals surface area contributed by atoms with Gasteiger partial charge in [-0.2, -0.15) is 0 Å². The van der Waals surface area contributed by atoms with Crippen molar-refractivity contribution in [1.82, 2.24) is 5.32 Å². The lowest BCUT2D eigenvalue weighted by molar-refractivity contribution is 0.247. The summed E-state index contributed by atoms with van der Waals surface area (Å²) in [7, 11) is 0. The molecule has 0 fully saturated rings. The number of nitrogens with zero attached hydrogens (tertiary/aromatic N) is 1. The number of ether oxygens (including phenoxy) is 1. The Morgan fingerprint density at radius 2 is 1.74 bits per heavy atom. The summed E-state index contributed by atoms with van der Waals surface area (Å²) in [6, 6.07) is 12.0. The standard InChI is InChI=1S/C22H31N3O2/c1-6-25(7-2)19-10-11-20(18(5)15-19)24-22(26)23-12-13-27-21-14-16(3)8-9-17(21)4/h8-11,14-15H,6-7,12-13H2,1-5H3,(H2,23,24,26). The number of hydrogen-bond acceptors (Lipinski definition) is 3. The van der Waals surface area contributed by atoms with E-state index in [1.54, 1.807) is 0 Å². The summed E-state index contributed by atoms with van der Waals surface area (Å²) in [4.78, 5) is 14.4. The predicted octanol–water partition coefficient (Wildman–Crippen LogP) is 4.66. The number of urea groups is 1. The van der Waals surface area contributed by atoms with Crippen molar-refractivity contribution in [3.8, 4) is 5.75 Å². The topological polar surface area (TPSA) is 53.6 Å². The first kappa shape index (κ1) is 20.6. The molecule has 146 valence electrons. The molecule has 0 heterocycles. The molecular weight excluding hydrogens is 338 g/mol. The maximum Gasteiger partial charge on any atom is 0.319 e. The van der Waals surface area contributed by atoms with Gasteiger partial charge in [0.2, 0.25) is 0 Å². The van der Waals surface area contributed by atoms with Crippen molar-refractivity contribution < 1.29 is 9.53 Å². The Hall–Kier alpha value is -2.69. The van der Waals surface area contributed by atoms with Crippen LogP contribution in [0.25, 0.3) is 0 Å². The van der Waals surface area contributed by atoms with Crippen LogP contribution in [0.1, 0.15) is 30.5 Å². The van der Waals surface area contributed by atoms with Crippen molar-refractivity contribution in [2.45, 2.75) is 34.6 Å². The second kappa shape index (κ2) is 9.86. The van der Waals surface area contributed by atoms with Crippen LogP contribution >= 0.6 is 0 Å². The lowest BCUT2D eigenvalue weighted by Gasteiger charge is -2.22. The molecule has 0 radical (unpaired) electrons. The van der Waals surface area contributed by atoms with Crippen LogP contribution in [-0.2, 0) is 0 Å². The zero-order valence-corrected chi connectivity index (χ0v) is 17.1. The quantitative estimate of drug-likeness (QED) is 0.666. The molecule has 0 saturated carbocycles. The van der Waals surface area contributed by atoms with E-state index in [4.69, 9.17) is 4.74 Å². The summed E-state index contributed by atoms with van der Waals surface area (Å²) in [5.74, 6) is 0.861. The summed E-state index contributed by atoms with van der Waals surface area (Å²) in [5, 5.41) is 5.74. The number of benzene rings is 2. The van der Waals surface area contributed by atoms with Crippen LogP contribution in [0, 0.1) is 20.8 Å². The fraction of sp³-hybridized carbons (Fsp3) is 0.409. The molecule has 0 aromatic heterocycles. The van der Waals surface area contributed by atoms with Gasteiger partial charge in [-0.05, 0) is 75.6 Å². The lowest BCUT2D eigenvalue weighted by Crippen LogP contribution is -2.32. The Balaban J connectivity index is 1.82. The van der Waals surface area contributed by atoms with Gasteiger partial charge in [0.05, 0.1) is 6.54 Å². The van der Waals surface area contributed by atoms with E-state index >= 15 is 0 Å². The number of anilines is 2. The molecule has 0 atom stereocenters. The van der Waals surface area contributed by atoms with E-state index in [9.17, 15) is 4.79 Å². The second-order valence-corrected chi connectivity index (χ2v) is 6.67. The van der Waals surface area contributed by atoms with E-state index in [1.807, 2.05) is 45.0 Å². The number of hydrogen-bond donors (Lipinski definition) is 2. The van der Waals surface area contributed by atoms with Crippen molar-refractivity contribution in [3.63, 3.8) is 0 Å². The average molecular weight is 370 g/mol. The number of amides is 2. The molecule has 2 amide bonds. The Morgan fingerprint density at radius 1 is 1.00 bits per heavy atom. The molecule has 5 heteroatoms. The molecule has 27 heavy (non-hydrogen) atoms. The van der Waals surface area contributed by atoms with Crippen molar-refractivity contribution in [3.05, 3.63) is 53.1 Å². The molecular formula is C22H31N3O2. The fourth-order valence-electron chi connectivity index (χ4n) is 2.93. The molecule has 0 aliphatic rings. The van der Waals surface area contributed by atoms with Crippen molar-refractivity contribution in [2.24, 2.45) is 0 Å².